The van der Waals surface area contributed by atoms with Gasteiger partial charge >= 0.3 is 0 Å². The number of methoxy groups -OCH3 is 2. The van der Waals surface area contributed by atoms with Crippen molar-refractivity contribution in [2.75, 3.05) is 14.2 Å². The third kappa shape index (κ3) is 4.52. The summed E-state index contributed by atoms with van der Waals surface area (Å²) in [6, 6.07) is 28.8. The molecule has 0 fully saturated rings. The van der Waals surface area contributed by atoms with Crippen LogP contribution in [-0.2, 0) is 13.0 Å². The van der Waals surface area contributed by atoms with Crippen LogP contribution in [0.25, 0.3) is 10.8 Å². The van der Waals surface area contributed by atoms with Crippen LogP contribution in [0.5, 0.6) is 17.2 Å². The molecule has 4 rings (SSSR count). The zero-order valence-corrected chi connectivity index (χ0v) is 16.7. The molecule has 0 spiro atoms. The zero-order chi connectivity index (χ0) is 20.1. The first-order chi connectivity index (χ1) is 14.2. The normalized spacial score (nSPS) is 10.7. The van der Waals surface area contributed by atoms with Gasteiger partial charge in [-0.2, -0.15) is 0 Å². The van der Waals surface area contributed by atoms with Crippen molar-refractivity contribution in [1.82, 2.24) is 0 Å². The van der Waals surface area contributed by atoms with Crippen molar-refractivity contribution in [3.8, 4) is 17.2 Å². The van der Waals surface area contributed by atoms with Gasteiger partial charge in [0, 0.05) is 6.42 Å². The molecule has 3 nitrogen and oxygen atoms in total. The fourth-order valence-corrected chi connectivity index (χ4v) is 3.40. The van der Waals surface area contributed by atoms with Gasteiger partial charge < -0.3 is 14.2 Å². The van der Waals surface area contributed by atoms with Crippen molar-refractivity contribution in [3.63, 3.8) is 0 Å². The molecule has 3 heteroatoms. The molecule has 0 aliphatic heterocycles. The minimum Gasteiger partial charge on any atom is -0.497 e. The van der Waals surface area contributed by atoms with Crippen molar-refractivity contribution in [2.24, 2.45) is 0 Å². The van der Waals surface area contributed by atoms with E-state index in [-0.39, 0.29) is 0 Å². The summed E-state index contributed by atoms with van der Waals surface area (Å²) in [5.41, 5.74) is 3.50. The predicted molar refractivity (Wildman–Crippen MR) is 117 cm³/mol. The fourth-order valence-electron chi connectivity index (χ4n) is 3.40. The van der Waals surface area contributed by atoms with Crippen LogP contribution in [0.2, 0.25) is 0 Å². The number of benzene rings is 4. The van der Waals surface area contributed by atoms with Gasteiger partial charge in [-0.25, -0.2) is 0 Å². The Labute approximate surface area is 171 Å². The van der Waals surface area contributed by atoms with E-state index in [0.717, 1.165) is 45.6 Å². The third-order valence-corrected chi connectivity index (χ3v) is 5.02. The molecule has 0 unspecified atom stereocenters. The second-order valence-corrected chi connectivity index (χ2v) is 6.97. The lowest BCUT2D eigenvalue weighted by atomic mass is 9.99. The van der Waals surface area contributed by atoms with Gasteiger partial charge in [0.1, 0.15) is 23.9 Å². The smallest absolute Gasteiger partial charge is 0.123 e. The lowest BCUT2D eigenvalue weighted by molar-refractivity contribution is 0.304. The van der Waals surface area contributed by atoms with Crippen LogP contribution in [0.15, 0.2) is 84.9 Å². The molecule has 0 aromatic heterocycles. The highest BCUT2D eigenvalue weighted by Crippen LogP contribution is 2.31. The molecule has 0 aliphatic rings. The van der Waals surface area contributed by atoms with Crippen molar-refractivity contribution < 1.29 is 14.2 Å². The lowest BCUT2D eigenvalue weighted by Crippen LogP contribution is -2.00. The average Bonchev–Trinajstić information content (AvgIpc) is 2.78. The van der Waals surface area contributed by atoms with Crippen LogP contribution in [0.4, 0.5) is 0 Å². The molecular formula is C26H24O3. The van der Waals surface area contributed by atoms with Gasteiger partial charge in [-0.3, -0.25) is 0 Å². The van der Waals surface area contributed by atoms with E-state index in [1.165, 1.54) is 5.56 Å². The van der Waals surface area contributed by atoms with Crippen LogP contribution in [0, 0.1) is 0 Å². The molecular weight excluding hydrogens is 360 g/mol. The van der Waals surface area contributed by atoms with E-state index in [9.17, 15) is 0 Å². The Morgan fingerprint density at radius 3 is 2.07 bits per heavy atom. The molecule has 0 saturated carbocycles. The summed E-state index contributed by atoms with van der Waals surface area (Å²) in [5.74, 6) is 2.62. The van der Waals surface area contributed by atoms with Crippen LogP contribution >= 0.6 is 0 Å². The van der Waals surface area contributed by atoms with Crippen LogP contribution in [0.3, 0.4) is 0 Å². The molecule has 4 aromatic rings. The molecule has 0 amide bonds. The molecule has 4 aromatic carbocycles. The molecule has 0 radical (unpaired) electrons. The van der Waals surface area contributed by atoms with E-state index >= 15 is 0 Å². The van der Waals surface area contributed by atoms with E-state index in [0.29, 0.717) is 6.61 Å². The standard InChI is InChI=1S/C26H24O3/c1-27-24-11-8-19(9-12-24)14-23-15-22-16-25(28-2)13-10-21(22)17-26(23)29-18-20-6-4-3-5-7-20/h3-13,15-17H,14,18H2,1-2H3. The molecule has 0 bridgehead atoms. The first-order valence-electron chi connectivity index (χ1n) is 9.65. The summed E-state index contributed by atoms with van der Waals surface area (Å²) in [6.07, 6.45) is 0.779. The Morgan fingerprint density at radius 1 is 0.621 bits per heavy atom. The highest BCUT2D eigenvalue weighted by atomic mass is 16.5. The Bertz CT molecular complexity index is 1090. The Morgan fingerprint density at radius 2 is 1.34 bits per heavy atom. The van der Waals surface area contributed by atoms with Gasteiger partial charge in [0.05, 0.1) is 14.2 Å². The van der Waals surface area contributed by atoms with Gasteiger partial charge in [0.25, 0.3) is 0 Å². The molecule has 0 N–H and O–H groups in total. The molecule has 0 heterocycles. The third-order valence-electron chi connectivity index (χ3n) is 5.02. The summed E-state index contributed by atoms with van der Waals surface area (Å²) < 4.78 is 16.9. The van der Waals surface area contributed by atoms with E-state index < -0.39 is 0 Å². The number of rotatable bonds is 7. The Kier molecular flexibility index (Phi) is 5.66. The van der Waals surface area contributed by atoms with Gasteiger partial charge in [0.2, 0.25) is 0 Å². The van der Waals surface area contributed by atoms with Gasteiger partial charge in [0.15, 0.2) is 0 Å². The molecule has 29 heavy (non-hydrogen) atoms. The van der Waals surface area contributed by atoms with E-state index in [4.69, 9.17) is 14.2 Å². The number of ether oxygens (including phenoxy) is 3. The molecule has 0 saturated heterocycles. The topological polar surface area (TPSA) is 27.7 Å². The van der Waals surface area contributed by atoms with Crippen molar-refractivity contribution in [3.05, 3.63) is 102 Å². The second-order valence-electron chi connectivity index (χ2n) is 6.97. The minimum atomic E-state index is 0.540. The van der Waals surface area contributed by atoms with Gasteiger partial charge in [-0.15, -0.1) is 0 Å². The first-order valence-corrected chi connectivity index (χ1v) is 9.65. The van der Waals surface area contributed by atoms with Crippen molar-refractivity contribution in [2.45, 2.75) is 13.0 Å². The largest absolute Gasteiger partial charge is 0.497 e. The summed E-state index contributed by atoms with van der Waals surface area (Å²) in [4.78, 5) is 0. The number of hydrogen-bond donors (Lipinski definition) is 0. The molecule has 0 atom stereocenters. The zero-order valence-electron chi connectivity index (χ0n) is 16.7. The molecule has 146 valence electrons. The summed E-state index contributed by atoms with van der Waals surface area (Å²) in [5, 5.41) is 2.27. The highest BCUT2D eigenvalue weighted by molar-refractivity contribution is 5.86. The maximum atomic E-state index is 6.25. The average molecular weight is 384 g/mol. The van der Waals surface area contributed by atoms with Crippen LogP contribution < -0.4 is 14.2 Å². The second kappa shape index (κ2) is 8.70. The summed E-state index contributed by atoms with van der Waals surface area (Å²) >= 11 is 0. The van der Waals surface area contributed by atoms with Crippen LogP contribution in [-0.4, -0.2) is 14.2 Å². The first kappa shape index (κ1) is 18.9. The van der Waals surface area contributed by atoms with Gasteiger partial charge in [-0.1, -0.05) is 48.5 Å². The monoisotopic (exact) mass is 384 g/mol. The number of hydrogen-bond acceptors (Lipinski definition) is 3. The Hall–Kier alpha value is -3.46. The van der Waals surface area contributed by atoms with Crippen LogP contribution in [0.1, 0.15) is 16.7 Å². The predicted octanol–water partition coefficient (Wildman–Crippen LogP) is 6.03. The van der Waals surface area contributed by atoms with E-state index in [1.54, 1.807) is 14.2 Å². The lowest BCUT2D eigenvalue weighted by Gasteiger charge is -2.14. The highest BCUT2D eigenvalue weighted by Gasteiger charge is 2.10. The van der Waals surface area contributed by atoms with Crippen molar-refractivity contribution >= 4 is 10.8 Å². The number of fused-ring (bicyclic) bond motifs is 1. The summed E-state index contributed by atoms with van der Waals surface area (Å²) in [6.45, 7) is 0.540. The quantitative estimate of drug-likeness (QED) is 0.389. The van der Waals surface area contributed by atoms with E-state index in [2.05, 4.69) is 48.5 Å². The maximum Gasteiger partial charge on any atom is 0.123 e. The summed E-state index contributed by atoms with van der Waals surface area (Å²) in [7, 11) is 3.37. The van der Waals surface area contributed by atoms with Gasteiger partial charge in [-0.05, 0) is 63.9 Å². The molecule has 0 aliphatic carbocycles. The fraction of sp³-hybridized carbons (Fsp3) is 0.154. The maximum absolute atomic E-state index is 6.25. The minimum absolute atomic E-state index is 0.540. The van der Waals surface area contributed by atoms with Crippen molar-refractivity contribution in [1.29, 1.82) is 0 Å². The SMILES string of the molecule is COc1ccc(Cc2cc3cc(OC)ccc3cc2OCc2ccccc2)cc1. The Balaban J connectivity index is 1.68. The van der Waals surface area contributed by atoms with E-state index in [1.807, 2.05) is 36.4 Å².